The molecule has 3 atom stereocenters. The van der Waals surface area contributed by atoms with Crippen LogP contribution in [0.3, 0.4) is 0 Å². The lowest BCUT2D eigenvalue weighted by molar-refractivity contribution is -0.149. The van der Waals surface area contributed by atoms with Crippen molar-refractivity contribution in [3.63, 3.8) is 0 Å². The van der Waals surface area contributed by atoms with Gasteiger partial charge in [-0.3, -0.25) is 14.4 Å². The van der Waals surface area contributed by atoms with E-state index in [2.05, 4.69) is 20.8 Å². The first-order chi connectivity index (χ1) is 13.4. The summed E-state index contributed by atoms with van der Waals surface area (Å²) in [7, 11) is 0. The van der Waals surface area contributed by atoms with Gasteiger partial charge < -0.3 is 10.0 Å². The predicted molar refractivity (Wildman–Crippen MR) is 116 cm³/mol. The minimum Gasteiger partial charge on any atom is -0.480 e. The first-order valence-electron chi connectivity index (χ1n) is 9.36. The molecule has 1 aliphatic heterocycles. The molecule has 8 heteroatoms. The highest BCUT2D eigenvalue weighted by atomic mass is 32.2. The van der Waals surface area contributed by atoms with E-state index >= 15 is 0 Å². The second-order valence-corrected chi connectivity index (χ2v) is 10.5. The van der Waals surface area contributed by atoms with Crippen LogP contribution in [0.5, 0.6) is 0 Å². The number of nitrogens with zero attached hydrogens (tertiary/aromatic N) is 1. The van der Waals surface area contributed by atoms with Crippen LogP contribution in [0.2, 0.25) is 0 Å². The summed E-state index contributed by atoms with van der Waals surface area (Å²) >= 11 is 2.19. The third-order valence-corrected chi connectivity index (χ3v) is 7.10. The summed E-state index contributed by atoms with van der Waals surface area (Å²) in [4.78, 5) is 50.6. The van der Waals surface area contributed by atoms with Crippen molar-refractivity contribution in [1.82, 2.24) is 4.90 Å². The molecule has 1 amide bonds. The highest BCUT2D eigenvalue weighted by molar-refractivity contribution is 8.14. The molecule has 1 saturated heterocycles. The van der Waals surface area contributed by atoms with Gasteiger partial charge >= 0.3 is 5.97 Å². The van der Waals surface area contributed by atoms with Crippen LogP contribution in [0.15, 0.2) is 24.3 Å². The number of amides is 1. The van der Waals surface area contributed by atoms with E-state index in [0.29, 0.717) is 11.3 Å². The van der Waals surface area contributed by atoms with E-state index in [1.165, 1.54) is 23.6 Å². The Morgan fingerprint density at radius 1 is 1.17 bits per heavy atom. The smallest absolute Gasteiger partial charge is 0.327 e. The quantitative estimate of drug-likeness (QED) is 0.682. The fourth-order valence-corrected chi connectivity index (χ4v) is 5.19. The van der Waals surface area contributed by atoms with E-state index in [0.717, 1.165) is 17.3 Å². The van der Waals surface area contributed by atoms with Gasteiger partial charge in [-0.1, -0.05) is 63.7 Å². The Morgan fingerprint density at radius 2 is 1.76 bits per heavy atom. The molecule has 1 N–H and O–H groups in total. The van der Waals surface area contributed by atoms with Gasteiger partial charge in [-0.2, -0.15) is 0 Å². The molecule has 0 bridgehead atoms. The monoisotopic (exact) mass is 437 g/mol. The molecule has 1 heterocycles. The fourth-order valence-electron chi connectivity index (χ4n) is 3.12. The van der Waals surface area contributed by atoms with Crippen LogP contribution >= 0.6 is 23.5 Å². The van der Waals surface area contributed by atoms with Gasteiger partial charge in [0, 0.05) is 18.2 Å². The minimum atomic E-state index is -1.06. The summed E-state index contributed by atoms with van der Waals surface area (Å²) in [6, 6.07) is 6.30. The molecule has 0 radical (unpaired) electrons. The normalized spacial score (nSPS) is 18.9. The second kappa shape index (κ2) is 9.34. The van der Waals surface area contributed by atoms with Crippen LogP contribution in [-0.2, 0) is 19.8 Å². The van der Waals surface area contributed by atoms with Crippen molar-refractivity contribution in [2.45, 2.75) is 51.3 Å². The van der Waals surface area contributed by atoms with E-state index < -0.39 is 29.1 Å². The SMILES string of the molecule is CC(=O)SC(C(=O)c1ccc(C(C)(C)C)cc1)[C@@H](C)C(=O)N1CSC[C@H]1C(=O)O. The predicted octanol–water partition coefficient (Wildman–Crippen LogP) is 3.44. The summed E-state index contributed by atoms with van der Waals surface area (Å²) in [5.74, 6) is -2.01. The first-order valence-corrected chi connectivity index (χ1v) is 11.4. The maximum atomic E-state index is 13.2. The molecule has 0 aromatic heterocycles. The summed E-state index contributed by atoms with van der Waals surface area (Å²) in [5, 5.41) is 8.18. The van der Waals surface area contributed by atoms with Crippen LogP contribution in [0.25, 0.3) is 0 Å². The summed E-state index contributed by atoms with van der Waals surface area (Å²) in [6.45, 7) is 9.17. The molecule has 6 nitrogen and oxygen atoms in total. The van der Waals surface area contributed by atoms with Crippen LogP contribution in [-0.4, -0.2) is 55.7 Å². The van der Waals surface area contributed by atoms with Gasteiger partial charge in [0.2, 0.25) is 5.91 Å². The molecule has 1 aromatic carbocycles. The average Bonchev–Trinajstić information content (AvgIpc) is 3.13. The first kappa shape index (κ1) is 23.5. The maximum absolute atomic E-state index is 13.2. The number of aliphatic carboxylic acids is 1. The Hall–Kier alpha value is -1.80. The molecule has 158 valence electrons. The number of carboxylic acids is 1. The zero-order valence-corrected chi connectivity index (χ0v) is 18.9. The van der Waals surface area contributed by atoms with Crippen molar-refractivity contribution in [2.24, 2.45) is 5.92 Å². The molecule has 29 heavy (non-hydrogen) atoms. The highest BCUT2D eigenvalue weighted by Crippen LogP contribution is 2.31. The molecule has 0 aliphatic carbocycles. The fraction of sp³-hybridized carbons (Fsp3) is 0.524. The lowest BCUT2D eigenvalue weighted by Gasteiger charge is -2.28. The standard InChI is InChI=1S/C21H27NO5S2/c1-12(19(25)22-11-28-10-16(22)20(26)27)18(29-13(2)23)17(24)14-6-8-15(9-7-14)21(3,4)5/h6-9,12,16,18H,10-11H2,1-5H3,(H,26,27)/t12-,16+,18?/m1/s1. The van der Waals surface area contributed by atoms with Gasteiger partial charge in [-0.05, 0) is 11.0 Å². The molecule has 2 rings (SSSR count). The van der Waals surface area contributed by atoms with Gasteiger partial charge in [0.25, 0.3) is 0 Å². The number of carboxylic acid groups (broad SMARTS) is 1. The molecule has 0 saturated carbocycles. The Morgan fingerprint density at radius 3 is 2.24 bits per heavy atom. The van der Waals surface area contributed by atoms with Crippen LogP contribution in [0.4, 0.5) is 0 Å². The molecule has 1 unspecified atom stereocenters. The number of ketones is 1. The van der Waals surface area contributed by atoms with Crippen molar-refractivity contribution in [1.29, 1.82) is 0 Å². The average molecular weight is 438 g/mol. The summed E-state index contributed by atoms with van der Waals surface area (Å²) in [5.41, 5.74) is 1.45. The van der Waals surface area contributed by atoms with E-state index in [1.807, 2.05) is 12.1 Å². The second-order valence-electron chi connectivity index (χ2n) is 8.17. The number of rotatable bonds is 6. The topological polar surface area (TPSA) is 91.8 Å². The molecule has 1 aliphatic rings. The van der Waals surface area contributed by atoms with E-state index in [1.54, 1.807) is 19.1 Å². The number of benzene rings is 1. The number of carbonyl (C=O) groups is 4. The van der Waals surface area contributed by atoms with Crippen LogP contribution in [0, 0.1) is 5.92 Å². The number of hydrogen-bond acceptors (Lipinski definition) is 6. The Bertz CT molecular complexity index is 800. The summed E-state index contributed by atoms with van der Waals surface area (Å²) < 4.78 is 0. The minimum absolute atomic E-state index is 0.0579. The van der Waals surface area contributed by atoms with Crippen LogP contribution in [0.1, 0.15) is 50.5 Å². The lowest BCUT2D eigenvalue weighted by atomic mass is 9.86. The van der Waals surface area contributed by atoms with Gasteiger partial charge in [0.1, 0.15) is 6.04 Å². The molecule has 1 aromatic rings. The lowest BCUT2D eigenvalue weighted by Crippen LogP contribution is -2.47. The third kappa shape index (κ3) is 5.63. The third-order valence-electron chi connectivity index (χ3n) is 4.88. The van der Waals surface area contributed by atoms with Gasteiger partial charge in [0.05, 0.1) is 17.0 Å². The number of carbonyl (C=O) groups excluding carboxylic acids is 3. The van der Waals surface area contributed by atoms with Crippen molar-refractivity contribution in [3.8, 4) is 0 Å². The van der Waals surface area contributed by atoms with Crippen LogP contribution < -0.4 is 0 Å². The van der Waals surface area contributed by atoms with E-state index in [-0.39, 0.29) is 22.2 Å². The largest absolute Gasteiger partial charge is 0.480 e. The Kier molecular flexibility index (Phi) is 7.56. The molecular formula is C21H27NO5S2. The Labute approximate surface area is 179 Å². The summed E-state index contributed by atoms with van der Waals surface area (Å²) in [6.07, 6.45) is 0. The maximum Gasteiger partial charge on any atom is 0.327 e. The Balaban J connectivity index is 2.28. The van der Waals surface area contributed by atoms with Gasteiger partial charge in [-0.25, -0.2) is 4.79 Å². The number of thioether (sulfide) groups is 2. The van der Waals surface area contributed by atoms with Gasteiger partial charge in [-0.15, -0.1) is 11.8 Å². The molecule has 1 fully saturated rings. The zero-order valence-electron chi connectivity index (χ0n) is 17.3. The van der Waals surface area contributed by atoms with Crippen molar-refractivity contribution >= 4 is 46.3 Å². The van der Waals surface area contributed by atoms with Crippen molar-refractivity contribution in [2.75, 3.05) is 11.6 Å². The van der Waals surface area contributed by atoms with Crippen molar-refractivity contribution in [3.05, 3.63) is 35.4 Å². The van der Waals surface area contributed by atoms with Gasteiger partial charge in [0.15, 0.2) is 10.9 Å². The van der Waals surface area contributed by atoms with E-state index in [9.17, 15) is 24.3 Å². The number of hydrogen-bond donors (Lipinski definition) is 1. The highest BCUT2D eigenvalue weighted by Gasteiger charge is 2.41. The molecular weight excluding hydrogens is 410 g/mol. The van der Waals surface area contributed by atoms with E-state index in [4.69, 9.17) is 0 Å². The van der Waals surface area contributed by atoms with Crippen molar-refractivity contribution < 1.29 is 24.3 Å². The zero-order chi connectivity index (χ0) is 21.9. The number of Topliss-reactive ketones (excluding diaryl/α,β-unsaturated/α-hetero) is 1. The molecule has 0 spiro atoms.